The van der Waals surface area contributed by atoms with Crippen LogP contribution in [0.2, 0.25) is 0 Å². The van der Waals surface area contributed by atoms with E-state index in [0.29, 0.717) is 11.8 Å². The van der Waals surface area contributed by atoms with Gasteiger partial charge in [0.1, 0.15) is 10.6 Å². The molecule has 0 bridgehead atoms. The predicted molar refractivity (Wildman–Crippen MR) is 92.1 cm³/mol. The van der Waals surface area contributed by atoms with E-state index in [2.05, 4.69) is 15.3 Å². The molecule has 0 atom stereocenters. The second kappa shape index (κ2) is 5.76. The normalized spacial score (nSPS) is 11.3. The van der Waals surface area contributed by atoms with Crippen LogP contribution in [-0.2, 0) is 13.7 Å². The van der Waals surface area contributed by atoms with Gasteiger partial charge in [-0.15, -0.1) is 21.5 Å². The van der Waals surface area contributed by atoms with Gasteiger partial charge in [-0.1, -0.05) is 12.1 Å². The largest absolute Gasteiger partial charge is 0.484 e. The first kappa shape index (κ1) is 14.9. The van der Waals surface area contributed by atoms with Crippen LogP contribution in [0.25, 0.3) is 21.0 Å². The summed E-state index contributed by atoms with van der Waals surface area (Å²) in [5.41, 5.74) is 2.14. The maximum Gasteiger partial charge on any atom is 0.258 e. The first-order valence-electron chi connectivity index (χ1n) is 7.55. The lowest BCUT2D eigenvalue weighted by atomic mass is 10.2. The van der Waals surface area contributed by atoms with Crippen molar-refractivity contribution in [1.29, 1.82) is 0 Å². The fourth-order valence-electron chi connectivity index (χ4n) is 2.57. The van der Waals surface area contributed by atoms with Crippen molar-refractivity contribution >= 4 is 21.6 Å². The molecular formula is C17H16N4O2S. The highest BCUT2D eigenvalue weighted by molar-refractivity contribution is 7.21. The first-order chi connectivity index (χ1) is 11.6. The summed E-state index contributed by atoms with van der Waals surface area (Å²) in [4.78, 5) is 2.04. The number of benzene rings is 1. The van der Waals surface area contributed by atoms with Crippen molar-refractivity contribution in [3.05, 3.63) is 47.5 Å². The zero-order chi connectivity index (χ0) is 16.7. The second-order valence-electron chi connectivity index (χ2n) is 5.64. The Kier molecular flexibility index (Phi) is 3.57. The minimum Gasteiger partial charge on any atom is -0.484 e. The van der Waals surface area contributed by atoms with E-state index in [9.17, 15) is 0 Å². The number of nitrogens with zero attached hydrogens (tertiary/aromatic N) is 4. The maximum absolute atomic E-state index is 5.73. The summed E-state index contributed by atoms with van der Waals surface area (Å²) >= 11 is 1.59. The fourth-order valence-corrected chi connectivity index (χ4v) is 3.62. The van der Waals surface area contributed by atoms with Crippen molar-refractivity contribution < 1.29 is 9.15 Å². The lowest BCUT2D eigenvalue weighted by molar-refractivity contribution is 0.264. The van der Waals surface area contributed by atoms with Gasteiger partial charge in [-0.25, -0.2) is 0 Å². The zero-order valence-electron chi connectivity index (χ0n) is 13.6. The van der Waals surface area contributed by atoms with Crippen molar-refractivity contribution in [2.24, 2.45) is 7.05 Å². The summed E-state index contributed by atoms with van der Waals surface area (Å²) < 4.78 is 13.3. The lowest BCUT2D eigenvalue weighted by Gasteiger charge is -2.03. The van der Waals surface area contributed by atoms with Gasteiger partial charge >= 0.3 is 0 Å². The molecule has 0 aliphatic carbocycles. The van der Waals surface area contributed by atoms with Crippen molar-refractivity contribution in [2.75, 3.05) is 0 Å². The maximum atomic E-state index is 5.73. The first-order valence-corrected chi connectivity index (χ1v) is 8.37. The van der Waals surface area contributed by atoms with Crippen LogP contribution in [0.4, 0.5) is 0 Å². The van der Waals surface area contributed by atoms with Crippen molar-refractivity contribution in [1.82, 2.24) is 20.0 Å². The van der Waals surface area contributed by atoms with Crippen molar-refractivity contribution in [2.45, 2.75) is 20.5 Å². The number of hydrogen-bond donors (Lipinski definition) is 0. The van der Waals surface area contributed by atoms with Crippen molar-refractivity contribution in [3.8, 4) is 16.5 Å². The van der Waals surface area contributed by atoms with Gasteiger partial charge in [-0.05, 0) is 37.6 Å². The Hall–Kier alpha value is -2.67. The van der Waals surface area contributed by atoms with Gasteiger partial charge in [0.05, 0.1) is 10.6 Å². The Balaban J connectivity index is 1.54. The molecule has 0 amide bonds. The summed E-state index contributed by atoms with van der Waals surface area (Å²) in [6, 6.07) is 9.90. The molecule has 0 aliphatic rings. The molecule has 0 radical (unpaired) electrons. The van der Waals surface area contributed by atoms with Crippen LogP contribution >= 0.6 is 11.3 Å². The third kappa shape index (κ3) is 2.67. The number of aromatic nitrogens is 4. The Morgan fingerprint density at radius 3 is 2.88 bits per heavy atom. The van der Waals surface area contributed by atoms with E-state index in [1.807, 2.05) is 55.9 Å². The standard InChI is InChI=1S/C17H16N4O2S/c1-10-5-4-6-12(7-10)22-9-15-18-19-16(23-15)14-8-13-11(2)20-21(3)17(13)24-14/h4-8H,9H2,1-3H3. The summed E-state index contributed by atoms with van der Waals surface area (Å²) in [6.45, 7) is 4.27. The van der Waals surface area contributed by atoms with Crippen LogP contribution in [0.5, 0.6) is 5.75 Å². The molecule has 0 saturated carbocycles. The van der Waals surface area contributed by atoms with Gasteiger partial charge in [0, 0.05) is 12.4 Å². The van der Waals surface area contributed by atoms with Gasteiger partial charge in [0.2, 0.25) is 0 Å². The number of hydrogen-bond acceptors (Lipinski definition) is 6. The SMILES string of the molecule is Cc1cccc(OCc2nnc(-c3cc4c(C)nn(C)c4s3)o2)c1. The highest BCUT2D eigenvalue weighted by atomic mass is 32.1. The van der Waals surface area contributed by atoms with E-state index in [1.54, 1.807) is 11.3 Å². The minimum atomic E-state index is 0.252. The molecule has 3 heterocycles. The van der Waals surface area contributed by atoms with E-state index in [1.165, 1.54) is 0 Å². The molecule has 24 heavy (non-hydrogen) atoms. The van der Waals surface area contributed by atoms with E-state index < -0.39 is 0 Å². The number of ether oxygens (including phenoxy) is 1. The Morgan fingerprint density at radius 2 is 2.08 bits per heavy atom. The fraction of sp³-hybridized carbons (Fsp3) is 0.235. The molecule has 0 unspecified atom stereocenters. The third-order valence-electron chi connectivity index (χ3n) is 3.73. The summed E-state index contributed by atoms with van der Waals surface area (Å²) in [7, 11) is 1.94. The smallest absolute Gasteiger partial charge is 0.258 e. The molecule has 0 N–H and O–H groups in total. The quantitative estimate of drug-likeness (QED) is 0.564. The summed E-state index contributed by atoms with van der Waals surface area (Å²) in [6.07, 6.45) is 0. The average Bonchev–Trinajstić information content (AvgIpc) is 3.24. The van der Waals surface area contributed by atoms with Crippen LogP contribution < -0.4 is 4.74 Å². The predicted octanol–water partition coefficient (Wildman–Crippen LogP) is 3.88. The van der Waals surface area contributed by atoms with E-state index in [4.69, 9.17) is 9.15 Å². The minimum absolute atomic E-state index is 0.252. The van der Waals surface area contributed by atoms with Crippen LogP contribution in [0, 0.1) is 13.8 Å². The third-order valence-corrected chi connectivity index (χ3v) is 4.92. The number of rotatable bonds is 4. The van der Waals surface area contributed by atoms with Gasteiger partial charge in [0.15, 0.2) is 6.61 Å². The van der Waals surface area contributed by atoms with E-state index in [-0.39, 0.29) is 6.61 Å². The Bertz CT molecular complexity index is 980. The van der Waals surface area contributed by atoms with Gasteiger partial charge in [0.25, 0.3) is 11.8 Å². The summed E-state index contributed by atoms with van der Waals surface area (Å²) in [5, 5.41) is 13.7. The van der Waals surface area contributed by atoms with E-state index in [0.717, 1.165) is 32.1 Å². The second-order valence-corrected chi connectivity index (χ2v) is 6.68. The lowest BCUT2D eigenvalue weighted by Crippen LogP contribution is -1.95. The van der Waals surface area contributed by atoms with Crippen LogP contribution in [0.15, 0.2) is 34.7 Å². The Morgan fingerprint density at radius 1 is 1.21 bits per heavy atom. The highest BCUT2D eigenvalue weighted by Crippen LogP contribution is 2.34. The summed E-state index contributed by atoms with van der Waals surface area (Å²) in [5.74, 6) is 1.76. The topological polar surface area (TPSA) is 66.0 Å². The van der Waals surface area contributed by atoms with Crippen LogP contribution in [-0.4, -0.2) is 20.0 Å². The zero-order valence-corrected chi connectivity index (χ0v) is 14.4. The average molecular weight is 340 g/mol. The van der Waals surface area contributed by atoms with Gasteiger partial charge in [-0.2, -0.15) is 5.10 Å². The van der Waals surface area contributed by atoms with Gasteiger partial charge in [-0.3, -0.25) is 4.68 Å². The molecule has 122 valence electrons. The molecular weight excluding hydrogens is 324 g/mol. The molecule has 0 saturated heterocycles. The van der Waals surface area contributed by atoms with Gasteiger partial charge < -0.3 is 9.15 Å². The highest BCUT2D eigenvalue weighted by Gasteiger charge is 2.16. The molecule has 4 rings (SSSR count). The van der Waals surface area contributed by atoms with Crippen LogP contribution in [0.1, 0.15) is 17.1 Å². The molecule has 4 aromatic rings. The molecule has 7 heteroatoms. The number of fused-ring (bicyclic) bond motifs is 1. The van der Waals surface area contributed by atoms with Crippen LogP contribution in [0.3, 0.4) is 0 Å². The molecule has 0 aliphatic heterocycles. The molecule has 0 fully saturated rings. The molecule has 1 aromatic carbocycles. The van der Waals surface area contributed by atoms with Crippen molar-refractivity contribution in [3.63, 3.8) is 0 Å². The monoisotopic (exact) mass is 340 g/mol. The molecule has 3 aromatic heterocycles. The van der Waals surface area contributed by atoms with E-state index >= 15 is 0 Å². The number of aryl methyl sites for hydroxylation is 3. The molecule has 6 nitrogen and oxygen atoms in total. The number of thiophene rings is 1. The Labute approximate surface area is 142 Å². The molecule has 0 spiro atoms.